The fraction of sp³-hybridized carbons (Fsp3) is 0.632. The average molecular weight is 500 g/mol. The highest BCUT2D eigenvalue weighted by atomic mass is 32.2. The normalized spacial score (nSPS) is 22.5. The molecule has 2 aromatic rings. The fourth-order valence-corrected chi connectivity index (χ4v) is 5.78. The van der Waals surface area contributed by atoms with Gasteiger partial charge in [-0.15, -0.1) is 0 Å². The quantitative estimate of drug-likeness (QED) is 0.561. The first-order valence-corrected chi connectivity index (χ1v) is 13.0. The van der Waals surface area contributed by atoms with Crippen LogP contribution in [-0.4, -0.2) is 99.1 Å². The first-order chi connectivity index (χ1) is 16.4. The standard InChI is InChI=1S/C19H19B6F2N5O3S/c1-36(34,35)31-8-16(20,21)19(25,17(22,23)9-31)30-15-28-7-10-6-12(18(24,26)27)14(33)32(13(10)29-15)11-4-2-3-5-11/h6-7,11H,2-5,8-9H2,1H3,(H,28,29,30). The Bertz CT molecular complexity index is 1340. The maximum Gasteiger partial charge on any atom is 0.260 e. The summed E-state index contributed by atoms with van der Waals surface area (Å²) in [4.78, 5) is 21.5. The van der Waals surface area contributed by atoms with E-state index in [1.54, 1.807) is 0 Å². The summed E-state index contributed by atoms with van der Waals surface area (Å²) in [7, 11) is 32.5. The molecule has 0 atom stereocenters. The lowest BCUT2D eigenvalue weighted by Crippen LogP contribution is -2.69. The zero-order valence-electron chi connectivity index (χ0n) is 19.6. The Morgan fingerprint density at radius 3 is 2.17 bits per heavy atom. The van der Waals surface area contributed by atoms with E-state index in [0.717, 1.165) is 29.5 Å². The Hall–Kier alpha value is -1.75. The number of aromatic nitrogens is 3. The lowest BCUT2D eigenvalue weighted by Gasteiger charge is -2.62. The van der Waals surface area contributed by atoms with E-state index in [-0.39, 0.29) is 23.0 Å². The van der Waals surface area contributed by atoms with Crippen LogP contribution in [0.4, 0.5) is 14.7 Å². The Morgan fingerprint density at radius 2 is 1.67 bits per heavy atom. The SMILES string of the molecule is [B]C(F)(F)c1cc2cnc(NC3([B])C([B])([B])CN(S(C)(=O)=O)CC3([B])[B])nc2n(C2CCCC2)c1=O. The van der Waals surface area contributed by atoms with Gasteiger partial charge in [0.1, 0.15) is 13.5 Å². The molecule has 0 bridgehead atoms. The third-order valence-corrected chi connectivity index (χ3v) is 8.14. The Balaban J connectivity index is 1.83. The number of fused-ring (bicyclic) bond motifs is 1. The third-order valence-electron chi connectivity index (χ3n) is 6.94. The summed E-state index contributed by atoms with van der Waals surface area (Å²) in [6.45, 7) is -0.860. The van der Waals surface area contributed by atoms with Gasteiger partial charge in [-0.3, -0.25) is 9.36 Å². The minimum absolute atomic E-state index is 0.0638. The molecule has 1 aliphatic carbocycles. The first-order valence-electron chi connectivity index (χ1n) is 11.1. The van der Waals surface area contributed by atoms with E-state index in [1.165, 1.54) is 10.8 Å². The number of halogens is 2. The van der Waals surface area contributed by atoms with Gasteiger partial charge in [-0.1, -0.05) is 23.3 Å². The molecule has 3 heterocycles. The molecule has 12 radical (unpaired) electrons. The van der Waals surface area contributed by atoms with Gasteiger partial charge in [0.15, 0.2) is 7.85 Å². The Kier molecular flexibility index (Phi) is 6.55. The molecule has 1 saturated carbocycles. The van der Waals surface area contributed by atoms with E-state index < -0.39 is 55.9 Å². The van der Waals surface area contributed by atoms with Crippen molar-refractivity contribution in [3.63, 3.8) is 0 Å². The number of nitrogens with zero attached hydrogens (tertiary/aromatic N) is 4. The van der Waals surface area contributed by atoms with E-state index in [0.29, 0.717) is 12.8 Å². The molecule has 0 spiro atoms. The highest BCUT2D eigenvalue weighted by Gasteiger charge is 2.55. The topological polar surface area (TPSA) is 97.2 Å². The van der Waals surface area contributed by atoms with Crippen LogP contribution in [0.25, 0.3) is 11.0 Å². The average Bonchev–Trinajstić information content (AvgIpc) is 3.24. The van der Waals surface area contributed by atoms with Crippen molar-refractivity contribution in [1.29, 1.82) is 0 Å². The summed E-state index contributed by atoms with van der Waals surface area (Å²) in [5.41, 5.74) is -3.82. The molecule has 0 unspecified atom stereocenters. The maximum atomic E-state index is 14.0. The molecule has 1 N–H and O–H groups in total. The summed E-state index contributed by atoms with van der Waals surface area (Å²) < 4.78 is 54.3. The first kappa shape index (κ1) is 27.3. The molecule has 8 nitrogen and oxygen atoms in total. The molecule has 2 aliphatic rings. The number of anilines is 1. The van der Waals surface area contributed by atoms with Crippen molar-refractivity contribution in [2.75, 3.05) is 24.7 Å². The van der Waals surface area contributed by atoms with Gasteiger partial charge in [-0.25, -0.2) is 26.5 Å². The van der Waals surface area contributed by atoms with Gasteiger partial charge in [-0.05, 0) is 24.3 Å². The number of nitrogens with one attached hydrogen (secondary N) is 1. The predicted molar refractivity (Wildman–Crippen MR) is 138 cm³/mol. The molecular formula is C19H19B6F2N5O3S. The van der Waals surface area contributed by atoms with Crippen molar-refractivity contribution in [3.8, 4) is 0 Å². The number of rotatable bonds is 5. The van der Waals surface area contributed by atoms with Crippen molar-refractivity contribution >= 4 is 74.1 Å². The number of pyridine rings is 1. The van der Waals surface area contributed by atoms with E-state index in [2.05, 4.69) is 15.3 Å². The number of hydrogen-bond acceptors (Lipinski definition) is 6. The van der Waals surface area contributed by atoms with Crippen molar-refractivity contribution in [1.82, 2.24) is 18.8 Å². The summed E-state index contributed by atoms with van der Waals surface area (Å²) >= 11 is 0. The van der Waals surface area contributed by atoms with Crippen LogP contribution >= 0.6 is 0 Å². The second-order valence-electron chi connectivity index (χ2n) is 9.81. The van der Waals surface area contributed by atoms with Crippen LogP contribution in [0.15, 0.2) is 17.1 Å². The minimum Gasteiger partial charge on any atom is -0.359 e. The molecule has 0 amide bonds. The summed E-state index contributed by atoms with van der Waals surface area (Å²) in [5.74, 6) is -4.06. The predicted octanol–water partition coefficient (Wildman–Crippen LogP) is -0.417. The molecule has 176 valence electrons. The monoisotopic (exact) mass is 501 g/mol. The molecule has 2 aromatic heterocycles. The minimum atomic E-state index is -3.87. The van der Waals surface area contributed by atoms with Gasteiger partial charge < -0.3 is 5.32 Å². The van der Waals surface area contributed by atoms with E-state index in [9.17, 15) is 22.0 Å². The summed E-state index contributed by atoms with van der Waals surface area (Å²) in [6, 6.07) is 0.572. The van der Waals surface area contributed by atoms with Gasteiger partial charge in [-0.2, -0.15) is 4.98 Å². The van der Waals surface area contributed by atoms with Crippen LogP contribution < -0.4 is 10.9 Å². The number of hydrogen-bond donors (Lipinski definition) is 1. The van der Waals surface area contributed by atoms with Crippen LogP contribution in [0.1, 0.15) is 37.3 Å². The van der Waals surface area contributed by atoms with Crippen LogP contribution in [0.2, 0.25) is 10.4 Å². The summed E-state index contributed by atoms with van der Waals surface area (Å²) in [5, 5.41) is -1.14. The van der Waals surface area contributed by atoms with E-state index >= 15 is 0 Å². The molecule has 2 fully saturated rings. The Morgan fingerprint density at radius 1 is 1.11 bits per heavy atom. The molecular weight excluding hydrogens is 481 g/mol. The van der Waals surface area contributed by atoms with E-state index in [4.69, 9.17) is 47.1 Å². The second-order valence-corrected chi connectivity index (χ2v) is 11.8. The third kappa shape index (κ3) is 4.54. The number of alkyl halides is 2. The molecule has 0 aromatic carbocycles. The Labute approximate surface area is 216 Å². The fourth-order valence-electron chi connectivity index (χ4n) is 4.89. The van der Waals surface area contributed by atoms with Gasteiger partial charge in [0.2, 0.25) is 21.8 Å². The van der Waals surface area contributed by atoms with Gasteiger partial charge in [0.25, 0.3) is 5.56 Å². The zero-order chi connectivity index (χ0) is 26.9. The van der Waals surface area contributed by atoms with Crippen molar-refractivity contribution in [2.24, 2.45) is 0 Å². The van der Waals surface area contributed by atoms with Crippen molar-refractivity contribution in [2.45, 2.75) is 53.4 Å². The largest absolute Gasteiger partial charge is 0.359 e. The molecule has 36 heavy (non-hydrogen) atoms. The second kappa shape index (κ2) is 8.64. The molecule has 17 heteroatoms. The summed E-state index contributed by atoms with van der Waals surface area (Å²) in [6.07, 6.45) is 4.96. The van der Waals surface area contributed by atoms with Crippen LogP contribution in [0.3, 0.4) is 0 Å². The van der Waals surface area contributed by atoms with Gasteiger partial charge >= 0.3 is 0 Å². The molecule has 1 saturated heterocycles. The highest BCUT2D eigenvalue weighted by Crippen LogP contribution is 2.51. The van der Waals surface area contributed by atoms with Gasteiger partial charge in [0.05, 0.1) is 43.2 Å². The lowest BCUT2D eigenvalue weighted by atomic mass is 9.25. The zero-order valence-corrected chi connectivity index (χ0v) is 20.4. The number of piperidine rings is 1. The van der Waals surface area contributed by atoms with Gasteiger partial charge in [0, 0.05) is 30.7 Å². The highest BCUT2D eigenvalue weighted by molar-refractivity contribution is 7.88. The van der Waals surface area contributed by atoms with Crippen molar-refractivity contribution < 1.29 is 17.2 Å². The number of sulfonamides is 1. The van der Waals surface area contributed by atoms with Crippen LogP contribution in [-0.2, 0) is 15.8 Å². The molecule has 1 aliphatic heterocycles. The van der Waals surface area contributed by atoms with Crippen LogP contribution in [0.5, 0.6) is 0 Å². The molecule has 4 rings (SSSR count). The lowest BCUT2D eigenvalue weighted by molar-refractivity contribution is 0.0919. The van der Waals surface area contributed by atoms with Crippen LogP contribution in [0, 0.1) is 0 Å². The van der Waals surface area contributed by atoms with E-state index in [1.807, 2.05) is 0 Å². The maximum absolute atomic E-state index is 14.0. The smallest absolute Gasteiger partial charge is 0.260 e. The van der Waals surface area contributed by atoms with Crippen molar-refractivity contribution in [3.05, 3.63) is 28.2 Å².